The van der Waals surface area contributed by atoms with E-state index in [1.807, 2.05) is 6.07 Å². The molecule has 0 amide bonds. The Morgan fingerprint density at radius 1 is 1.05 bits per heavy atom. The number of rotatable bonds is 1. The molecule has 0 saturated heterocycles. The standard InChI is InChI=1S/C15H9ClN4O.ClH/c16-9-1-3-10(4-2-9)20-15(21)12-8-18-13-5-6-17-7-11(13)14(12)19-20;/h1-8,19H;1H. The SMILES string of the molecule is Cl.O=c1c2cnc3ccncc3c2[nH]n1-c1ccc(Cl)cc1. The minimum atomic E-state index is -0.148. The second-order valence-electron chi connectivity index (χ2n) is 4.67. The number of aromatic amines is 1. The largest absolute Gasteiger partial charge is 0.289 e. The van der Waals surface area contributed by atoms with Crippen molar-refractivity contribution in [2.75, 3.05) is 0 Å². The summed E-state index contributed by atoms with van der Waals surface area (Å²) in [5, 5.41) is 5.10. The fourth-order valence-corrected chi connectivity index (χ4v) is 2.50. The first-order valence-electron chi connectivity index (χ1n) is 6.33. The van der Waals surface area contributed by atoms with E-state index in [9.17, 15) is 4.79 Å². The van der Waals surface area contributed by atoms with Gasteiger partial charge in [0.15, 0.2) is 0 Å². The molecule has 0 aliphatic rings. The Morgan fingerprint density at radius 3 is 2.59 bits per heavy atom. The maximum atomic E-state index is 12.5. The summed E-state index contributed by atoms with van der Waals surface area (Å²) in [6, 6.07) is 8.87. The van der Waals surface area contributed by atoms with E-state index < -0.39 is 0 Å². The number of nitrogens with one attached hydrogen (secondary N) is 1. The molecular weight excluding hydrogens is 323 g/mol. The molecule has 5 nitrogen and oxygen atoms in total. The van der Waals surface area contributed by atoms with Gasteiger partial charge in [-0.2, -0.15) is 0 Å². The van der Waals surface area contributed by atoms with Crippen LogP contribution in [0, 0.1) is 0 Å². The van der Waals surface area contributed by atoms with Crippen molar-refractivity contribution >= 4 is 45.8 Å². The van der Waals surface area contributed by atoms with Crippen molar-refractivity contribution in [1.82, 2.24) is 19.7 Å². The van der Waals surface area contributed by atoms with Gasteiger partial charge in [-0.05, 0) is 30.3 Å². The second-order valence-corrected chi connectivity index (χ2v) is 5.10. The van der Waals surface area contributed by atoms with Gasteiger partial charge in [-0.1, -0.05) is 11.6 Å². The summed E-state index contributed by atoms with van der Waals surface area (Å²) in [6.07, 6.45) is 4.96. The summed E-state index contributed by atoms with van der Waals surface area (Å²) in [7, 11) is 0. The molecular formula is C15H10Cl2N4O. The summed E-state index contributed by atoms with van der Waals surface area (Å²) >= 11 is 5.88. The van der Waals surface area contributed by atoms with Crippen LogP contribution in [-0.4, -0.2) is 19.7 Å². The molecule has 0 radical (unpaired) electrons. The third-order valence-electron chi connectivity index (χ3n) is 3.41. The molecule has 3 aromatic heterocycles. The average Bonchev–Trinajstić information content (AvgIpc) is 2.86. The fraction of sp³-hybridized carbons (Fsp3) is 0. The lowest BCUT2D eigenvalue weighted by Crippen LogP contribution is -2.13. The van der Waals surface area contributed by atoms with Crippen LogP contribution < -0.4 is 5.56 Å². The lowest BCUT2D eigenvalue weighted by Gasteiger charge is -2.00. The van der Waals surface area contributed by atoms with Crippen LogP contribution in [0.2, 0.25) is 5.02 Å². The van der Waals surface area contributed by atoms with Crippen LogP contribution in [-0.2, 0) is 0 Å². The molecule has 0 aliphatic heterocycles. The lowest BCUT2D eigenvalue weighted by molar-refractivity contribution is 0.864. The van der Waals surface area contributed by atoms with E-state index in [-0.39, 0.29) is 18.0 Å². The van der Waals surface area contributed by atoms with Gasteiger partial charge < -0.3 is 0 Å². The molecule has 110 valence electrons. The molecule has 3 heterocycles. The fourth-order valence-electron chi connectivity index (χ4n) is 2.37. The van der Waals surface area contributed by atoms with E-state index in [1.54, 1.807) is 42.9 Å². The first-order valence-corrected chi connectivity index (χ1v) is 6.71. The molecule has 0 aliphatic carbocycles. The third kappa shape index (κ3) is 2.15. The molecule has 4 rings (SSSR count). The number of benzene rings is 1. The number of fused-ring (bicyclic) bond motifs is 3. The number of hydrogen-bond donors (Lipinski definition) is 1. The summed E-state index contributed by atoms with van der Waals surface area (Å²) < 4.78 is 1.48. The van der Waals surface area contributed by atoms with Crippen molar-refractivity contribution < 1.29 is 0 Å². The first kappa shape index (κ1) is 14.6. The molecule has 0 fully saturated rings. The highest BCUT2D eigenvalue weighted by Gasteiger charge is 2.11. The van der Waals surface area contributed by atoms with Crippen molar-refractivity contribution in [2.45, 2.75) is 0 Å². The van der Waals surface area contributed by atoms with E-state index in [2.05, 4.69) is 15.1 Å². The first-order chi connectivity index (χ1) is 10.2. The van der Waals surface area contributed by atoms with Crippen LogP contribution in [0.3, 0.4) is 0 Å². The lowest BCUT2D eigenvalue weighted by atomic mass is 10.2. The number of halogens is 2. The van der Waals surface area contributed by atoms with Crippen LogP contribution in [0.4, 0.5) is 0 Å². The van der Waals surface area contributed by atoms with Gasteiger partial charge in [0, 0.05) is 29.0 Å². The van der Waals surface area contributed by atoms with Crippen LogP contribution in [0.1, 0.15) is 0 Å². The molecule has 4 aromatic rings. The summed E-state index contributed by atoms with van der Waals surface area (Å²) in [4.78, 5) is 20.9. The molecule has 0 atom stereocenters. The van der Waals surface area contributed by atoms with E-state index in [1.165, 1.54) is 4.68 Å². The van der Waals surface area contributed by atoms with Gasteiger partial charge in [-0.3, -0.25) is 19.9 Å². The number of H-pyrrole nitrogens is 1. The van der Waals surface area contributed by atoms with E-state index in [0.29, 0.717) is 10.4 Å². The van der Waals surface area contributed by atoms with Gasteiger partial charge in [0.25, 0.3) is 5.56 Å². The Morgan fingerprint density at radius 2 is 1.82 bits per heavy atom. The molecule has 0 saturated carbocycles. The van der Waals surface area contributed by atoms with E-state index in [4.69, 9.17) is 11.6 Å². The normalized spacial score (nSPS) is 10.8. The minimum Gasteiger partial charge on any atom is -0.289 e. The minimum absolute atomic E-state index is 0. The van der Waals surface area contributed by atoms with Crippen LogP contribution in [0.5, 0.6) is 0 Å². The van der Waals surface area contributed by atoms with Crippen molar-refractivity contribution in [3.8, 4) is 5.69 Å². The average molecular weight is 333 g/mol. The molecule has 1 N–H and O–H groups in total. The van der Waals surface area contributed by atoms with Crippen molar-refractivity contribution in [3.63, 3.8) is 0 Å². The predicted molar refractivity (Wildman–Crippen MR) is 89.2 cm³/mol. The Bertz CT molecular complexity index is 1020. The Labute approximate surface area is 136 Å². The molecule has 7 heteroatoms. The Hall–Kier alpha value is -2.37. The predicted octanol–water partition coefficient (Wildman–Crippen LogP) is 3.34. The molecule has 0 bridgehead atoms. The molecule has 0 unspecified atom stereocenters. The zero-order chi connectivity index (χ0) is 14.4. The molecule has 1 aromatic carbocycles. The van der Waals surface area contributed by atoms with Gasteiger partial charge in [-0.15, -0.1) is 12.4 Å². The quantitative estimate of drug-likeness (QED) is 0.581. The van der Waals surface area contributed by atoms with Gasteiger partial charge >= 0.3 is 0 Å². The van der Waals surface area contributed by atoms with Gasteiger partial charge in [0.1, 0.15) is 0 Å². The van der Waals surface area contributed by atoms with Crippen LogP contribution in [0.15, 0.2) is 53.7 Å². The molecule has 0 spiro atoms. The monoisotopic (exact) mass is 332 g/mol. The highest BCUT2D eigenvalue weighted by molar-refractivity contribution is 6.30. The van der Waals surface area contributed by atoms with Crippen molar-refractivity contribution in [3.05, 3.63) is 64.3 Å². The second kappa shape index (κ2) is 5.44. The Balaban J connectivity index is 0.00000144. The topological polar surface area (TPSA) is 63.6 Å². The highest BCUT2D eigenvalue weighted by Crippen LogP contribution is 2.20. The summed E-state index contributed by atoms with van der Waals surface area (Å²) in [5.41, 5.74) is 2.10. The van der Waals surface area contributed by atoms with E-state index >= 15 is 0 Å². The number of aromatic nitrogens is 4. The Kier molecular flexibility index (Phi) is 3.60. The van der Waals surface area contributed by atoms with E-state index in [0.717, 1.165) is 22.1 Å². The van der Waals surface area contributed by atoms with Gasteiger partial charge in [0.05, 0.1) is 22.1 Å². The van der Waals surface area contributed by atoms with Gasteiger partial charge in [0.2, 0.25) is 0 Å². The zero-order valence-electron chi connectivity index (χ0n) is 11.2. The number of pyridine rings is 2. The smallest absolute Gasteiger partial charge is 0.280 e. The summed E-state index contributed by atoms with van der Waals surface area (Å²) in [5.74, 6) is 0. The van der Waals surface area contributed by atoms with Crippen molar-refractivity contribution in [2.24, 2.45) is 0 Å². The maximum Gasteiger partial charge on any atom is 0.280 e. The zero-order valence-corrected chi connectivity index (χ0v) is 12.7. The number of nitrogens with zero attached hydrogens (tertiary/aromatic N) is 3. The maximum absolute atomic E-state index is 12.5. The summed E-state index contributed by atoms with van der Waals surface area (Å²) in [6.45, 7) is 0. The third-order valence-corrected chi connectivity index (χ3v) is 3.66. The van der Waals surface area contributed by atoms with Crippen LogP contribution >= 0.6 is 24.0 Å². The number of hydrogen-bond acceptors (Lipinski definition) is 3. The van der Waals surface area contributed by atoms with Crippen molar-refractivity contribution in [1.29, 1.82) is 0 Å². The highest BCUT2D eigenvalue weighted by atomic mass is 35.5. The van der Waals surface area contributed by atoms with Crippen LogP contribution in [0.25, 0.3) is 27.5 Å². The molecule has 22 heavy (non-hydrogen) atoms. The van der Waals surface area contributed by atoms with Gasteiger partial charge in [-0.25, -0.2) is 4.68 Å².